The smallest absolute Gasteiger partial charge is 0.153 e. The van der Waals surface area contributed by atoms with Crippen LogP contribution in [0.15, 0.2) is 0 Å². The van der Waals surface area contributed by atoms with E-state index in [0.29, 0.717) is 18.3 Å². The summed E-state index contributed by atoms with van der Waals surface area (Å²) in [6.45, 7) is 6.16. The third-order valence-electron chi connectivity index (χ3n) is 3.09. The highest BCUT2D eigenvalue weighted by atomic mass is 32.2. The van der Waals surface area contributed by atoms with Gasteiger partial charge in [-0.2, -0.15) is 0 Å². The minimum atomic E-state index is -2.87. The molecule has 1 aliphatic rings. The molecule has 1 fully saturated rings. The van der Waals surface area contributed by atoms with Gasteiger partial charge in [0.1, 0.15) is 0 Å². The van der Waals surface area contributed by atoms with E-state index in [1.54, 1.807) is 13.8 Å². The molecule has 1 rings (SSSR count). The number of hydrogen-bond donors (Lipinski definition) is 1. The molecule has 1 saturated heterocycles. The van der Waals surface area contributed by atoms with Gasteiger partial charge in [0.2, 0.25) is 0 Å². The second kappa shape index (κ2) is 5.27. The zero-order valence-electron chi connectivity index (χ0n) is 9.86. The van der Waals surface area contributed by atoms with Gasteiger partial charge < -0.3 is 10.2 Å². The molecule has 5 heteroatoms. The van der Waals surface area contributed by atoms with Crippen LogP contribution in [0.4, 0.5) is 0 Å². The van der Waals surface area contributed by atoms with Gasteiger partial charge in [-0.1, -0.05) is 0 Å². The molecule has 1 N–H and O–H groups in total. The first-order chi connectivity index (χ1) is 6.95. The second-order valence-electron chi connectivity index (χ2n) is 4.49. The lowest BCUT2D eigenvalue weighted by Crippen LogP contribution is -2.33. The monoisotopic (exact) mass is 234 g/mol. The van der Waals surface area contributed by atoms with Gasteiger partial charge >= 0.3 is 0 Å². The Morgan fingerprint density at radius 2 is 2.13 bits per heavy atom. The lowest BCUT2D eigenvalue weighted by atomic mass is 10.3. The molecule has 1 aliphatic heterocycles. The molecule has 0 aromatic carbocycles. The predicted octanol–water partition coefficient (Wildman–Crippen LogP) is 0.103. The van der Waals surface area contributed by atoms with Crippen LogP contribution in [0.3, 0.4) is 0 Å². The van der Waals surface area contributed by atoms with Crippen molar-refractivity contribution in [1.29, 1.82) is 0 Å². The van der Waals surface area contributed by atoms with Gasteiger partial charge in [0.15, 0.2) is 9.84 Å². The van der Waals surface area contributed by atoms with Gasteiger partial charge in [-0.25, -0.2) is 8.42 Å². The van der Waals surface area contributed by atoms with Gasteiger partial charge in [-0.15, -0.1) is 0 Å². The van der Waals surface area contributed by atoms with E-state index in [2.05, 4.69) is 10.2 Å². The highest BCUT2D eigenvalue weighted by Crippen LogP contribution is 2.09. The molecule has 0 saturated carbocycles. The Hall–Kier alpha value is -0.130. The zero-order valence-corrected chi connectivity index (χ0v) is 10.7. The minimum Gasteiger partial charge on any atom is -0.316 e. The van der Waals surface area contributed by atoms with E-state index in [0.717, 1.165) is 19.5 Å². The Morgan fingerprint density at radius 1 is 1.47 bits per heavy atom. The summed E-state index contributed by atoms with van der Waals surface area (Å²) in [6.07, 6.45) is 1.12. The molecule has 0 spiro atoms. The Bertz CT molecular complexity index is 288. The first kappa shape index (κ1) is 12.9. The Kier molecular flexibility index (Phi) is 4.55. The van der Waals surface area contributed by atoms with Crippen molar-refractivity contribution >= 4 is 9.84 Å². The lowest BCUT2D eigenvalue weighted by molar-refractivity contribution is 0.348. The van der Waals surface area contributed by atoms with Gasteiger partial charge in [0, 0.05) is 19.1 Å². The molecule has 15 heavy (non-hydrogen) atoms. The summed E-state index contributed by atoms with van der Waals surface area (Å²) in [7, 11) is -0.915. The normalized spacial score (nSPS) is 23.9. The summed E-state index contributed by atoms with van der Waals surface area (Å²) in [5, 5.41) is 2.97. The van der Waals surface area contributed by atoms with Gasteiger partial charge in [-0.05, 0) is 33.9 Å². The summed E-state index contributed by atoms with van der Waals surface area (Å²) in [4.78, 5) is 2.22. The molecule has 0 aromatic rings. The highest BCUT2D eigenvalue weighted by Gasteiger charge is 2.23. The van der Waals surface area contributed by atoms with E-state index in [1.165, 1.54) is 0 Å². The number of sulfone groups is 1. The summed E-state index contributed by atoms with van der Waals surface area (Å²) in [6, 6.07) is 0.534. The maximum atomic E-state index is 11.6. The first-order valence-corrected chi connectivity index (χ1v) is 7.28. The van der Waals surface area contributed by atoms with Crippen LogP contribution in [0.1, 0.15) is 20.3 Å². The van der Waals surface area contributed by atoms with Crippen molar-refractivity contribution < 1.29 is 8.42 Å². The van der Waals surface area contributed by atoms with Crippen LogP contribution in [-0.4, -0.2) is 57.0 Å². The van der Waals surface area contributed by atoms with Crippen LogP contribution in [0.2, 0.25) is 0 Å². The maximum absolute atomic E-state index is 11.6. The van der Waals surface area contributed by atoms with Crippen LogP contribution in [0, 0.1) is 0 Å². The Morgan fingerprint density at radius 3 is 2.60 bits per heavy atom. The fourth-order valence-corrected chi connectivity index (χ4v) is 2.75. The predicted molar refractivity (Wildman–Crippen MR) is 62.8 cm³/mol. The molecular formula is C10H22N2O2S. The largest absolute Gasteiger partial charge is 0.316 e. The topological polar surface area (TPSA) is 49.4 Å². The van der Waals surface area contributed by atoms with Gasteiger partial charge in [0.05, 0.1) is 11.0 Å². The Balaban J connectivity index is 2.33. The van der Waals surface area contributed by atoms with Crippen LogP contribution in [0.25, 0.3) is 0 Å². The summed E-state index contributed by atoms with van der Waals surface area (Å²) >= 11 is 0. The van der Waals surface area contributed by atoms with E-state index in [-0.39, 0.29) is 5.25 Å². The van der Waals surface area contributed by atoms with Crippen molar-refractivity contribution in [2.24, 2.45) is 0 Å². The quantitative estimate of drug-likeness (QED) is 0.733. The average Bonchev–Trinajstić information content (AvgIpc) is 2.62. The van der Waals surface area contributed by atoms with Crippen LogP contribution < -0.4 is 5.32 Å². The van der Waals surface area contributed by atoms with Crippen molar-refractivity contribution in [3.8, 4) is 0 Å². The van der Waals surface area contributed by atoms with Gasteiger partial charge in [0.25, 0.3) is 0 Å². The fourth-order valence-electron chi connectivity index (χ4n) is 1.76. The molecular weight excluding hydrogens is 212 g/mol. The van der Waals surface area contributed by atoms with E-state index in [1.807, 2.05) is 7.05 Å². The number of nitrogens with zero attached hydrogens (tertiary/aromatic N) is 1. The molecule has 0 radical (unpaired) electrons. The standard InChI is InChI=1S/C10H22N2O2S/c1-9(2)15(13,14)7-6-12-5-4-10(8-12)11-3/h9-11H,4-8H2,1-3H3. The van der Waals surface area contributed by atoms with Crippen molar-refractivity contribution in [2.75, 3.05) is 32.4 Å². The van der Waals surface area contributed by atoms with Crippen LogP contribution >= 0.6 is 0 Å². The number of rotatable bonds is 5. The van der Waals surface area contributed by atoms with Crippen LogP contribution in [0.5, 0.6) is 0 Å². The van der Waals surface area contributed by atoms with Crippen LogP contribution in [-0.2, 0) is 9.84 Å². The fraction of sp³-hybridized carbons (Fsp3) is 1.00. The van der Waals surface area contributed by atoms with Crippen molar-refractivity contribution in [3.05, 3.63) is 0 Å². The molecule has 1 atom stereocenters. The van der Waals surface area contributed by atoms with E-state index < -0.39 is 9.84 Å². The number of nitrogens with one attached hydrogen (secondary N) is 1. The summed E-state index contributed by atoms with van der Waals surface area (Å²) < 4.78 is 23.2. The van der Waals surface area contributed by atoms with E-state index in [9.17, 15) is 8.42 Å². The molecule has 90 valence electrons. The molecule has 4 nitrogen and oxygen atoms in total. The number of hydrogen-bond acceptors (Lipinski definition) is 4. The molecule has 0 amide bonds. The SMILES string of the molecule is CNC1CCN(CCS(=O)(=O)C(C)C)C1. The number of likely N-dealkylation sites (tertiary alicyclic amines) is 1. The van der Waals surface area contributed by atoms with E-state index >= 15 is 0 Å². The van der Waals surface area contributed by atoms with Crippen molar-refractivity contribution in [3.63, 3.8) is 0 Å². The summed E-state index contributed by atoms with van der Waals surface area (Å²) in [5.41, 5.74) is 0. The van der Waals surface area contributed by atoms with E-state index in [4.69, 9.17) is 0 Å². The van der Waals surface area contributed by atoms with Crippen molar-refractivity contribution in [1.82, 2.24) is 10.2 Å². The molecule has 1 unspecified atom stereocenters. The lowest BCUT2D eigenvalue weighted by Gasteiger charge is -2.16. The molecule has 1 heterocycles. The molecule has 0 aromatic heterocycles. The average molecular weight is 234 g/mol. The minimum absolute atomic E-state index is 0.250. The maximum Gasteiger partial charge on any atom is 0.153 e. The number of likely N-dealkylation sites (N-methyl/N-ethyl adjacent to an activating group) is 1. The molecule has 0 bridgehead atoms. The summed E-state index contributed by atoms with van der Waals surface area (Å²) in [5.74, 6) is 0.293. The van der Waals surface area contributed by atoms with Crippen molar-refractivity contribution in [2.45, 2.75) is 31.6 Å². The third-order valence-corrected chi connectivity index (χ3v) is 5.28. The highest BCUT2D eigenvalue weighted by molar-refractivity contribution is 7.92. The zero-order chi connectivity index (χ0) is 11.5. The second-order valence-corrected chi connectivity index (χ2v) is 7.17. The molecule has 0 aliphatic carbocycles. The van der Waals surface area contributed by atoms with Gasteiger partial charge in [-0.3, -0.25) is 0 Å². The Labute approximate surface area is 93.0 Å². The first-order valence-electron chi connectivity index (χ1n) is 5.57. The third kappa shape index (κ3) is 3.74.